The lowest BCUT2D eigenvalue weighted by atomic mass is 9.99. The number of halogens is 1. The van der Waals surface area contributed by atoms with Gasteiger partial charge in [-0.15, -0.1) is 0 Å². The lowest BCUT2D eigenvalue weighted by Gasteiger charge is -2.13. The standard InChI is InChI=1S/C18H16IN/c1-2-8-16-18(19)17(13-9-4-3-5-10-13)14-11-6-7-12-15(14)20-16/h3-7,9-12H,2,8H2,1H3. The van der Waals surface area contributed by atoms with E-state index in [-0.39, 0.29) is 0 Å². The Bertz CT molecular complexity index is 735. The molecule has 2 aromatic carbocycles. The van der Waals surface area contributed by atoms with Crippen molar-refractivity contribution < 1.29 is 0 Å². The van der Waals surface area contributed by atoms with Crippen LogP contribution in [-0.2, 0) is 6.42 Å². The molecule has 3 rings (SSSR count). The Balaban J connectivity index is 2.35. The molecule has 0 saturated heterocycles. The molecule has 3 aromatic rings. The molecule has 0 bridgehead atoms. The molecular formula is C18H16IN. The van der Waals surface area contributed by atoms with Crippen LogP contribution in [0.15, 0.2) is 54.6 Å². The summed E-state index contributed by atoms with van der Waals surface area (Å²) in [5, 5.41) is 1.24. The Morgan fingerprint density at radius 1 is 0.950 bits per heavy atom. The van der Waals surface area contributed by atoms with Crippen LogP contribution in [0.1, 0.15) is 19.0 Å². The van der Waals surface area contributed by atoms with E-state index in [1.807, 2.05) is 0 Å². The van der Waals surface area contributed by atoms with Gasteiger partial charge in [0.1, 0.15) is 0 Å². The van der Waals surface area contributed by atoms with Crippen molar-refractivity contribution in [1.82, 2.24) is 4.98 Å². The van der Waals surface area contributed by atoms with Gasteiger partial charge in [0.2, 0.25) is 0 Å². The minimum atomic E-state index is 1.03. The molecule has 0 spiro atoms. The lowest BCUT2D eigenvalue weighted by Crippen LogP contribution is -1.98. The van der Waals surface area contributed by atoms with E-state index in [2.05, 4.69) is 84.1 Å². The first-order valence-electron chi connectivity index (χ1n) is 6.93. The highest BCUT2D eigenvalue weighted by Crippen LogP contribution is 2.34. The monoisotopic (exact) mass is 373 g/mol. The molecule has 1 heterocycles. The maximum atomic E-state index is 4.84. The smallest absolute Gasteiger partial charge is 0.0712 e. The Hall–Kier alpha value is -1.42. The summed E-state index contributed by atoms with van der Waals surface area (Å²) in [6, 6.07) is 19.0. The van der Waals surface area contributed by atoms with Crippen LogP contribution in [0, 0.1) is 3.57 Å². The number of fused-ring (bicyclic) bond motifs is 1. The van der Waals surface area contributed by atoms with Crippen LogP contribution in [-0.4, -0.2) is 4.98 Å². The minimum Gasteiger partial charge on any atom is -0.252 e. The second-order valence-electron chi connectivity index (χ2n) is 4.88. The summed E-state index contributed by atoms with van der Waals surface area (Å²) < 4.78 is 1.29. The fraction of sp³-hybridized carbons (Fsp3) is 0.167. The Labute approximate surface area is 133 Å². The van der Waals surface area contributed by atoms with Crippen LogP contribution >= 0.6 is 22.6 Å². The average Bonchev–Trinajstić information content (AvgIpc) is 2.49. The Morgan fingerprint density at radius 2 is 1.65 bits per heavy atom. The maximum Gasteiger partial charge on any atom is 0.0712 e. The highest BCUT2D eigenvalue weighted by atomic mass is 127. The van der Waals surface area contributed by atoms with Gasteiger partial charge in [-0.25, -0.2) is 0 Å². The highest BCUT2D eigenvalue weighted by Gasteiger charge is 2.13. The number of rotatable bonds is 3. The highest BCUT2D eigenvalue weighted by molar-refractivity contribution is 14.1. The number of nitrogens with zero attached hydrogens (tertiary/aromatic N) is 1. The minimum absolute atomic E-state index is 1.03. The second-order valence-corrected chi connectivity index (χ2v) is 5.96. The van der Waals surface area contributed by atoms with Gasteiger partial charge in [-0.3, -0.25) is 4.98 Å². The first-order chi connectivity index (χ1) is 9.81. The average molecular weight is 373 g/mol. The first-order valence-corrected chi connectivity index (χ1v) is 8.01. The lowest BCUT2D eigenvalue weighted by molar-refractivity contribution is 0.884. The second kappa shape index (κ2) is 5.92. The predicted molar refractivity (Wildman–Crippen MR) is 93.9 cm³/mol. The zero-order valence-electron chi connectivity index (χ0n) is 11.4. The third-order valence-electron chi connectivity index (χ3n) is 3.45. The van der Waals surface area contributed by atoms with E-state index in [0.717, 1.165) is 18.4 Å². The molecule has 0 radical (unpaired) electrons. The third-order valence-corrected chi connectivity index (χ3v) is 4.61. The molecule has 0 saturated carbocycles. The summed E-state index contributed by atoms with van der Waals surface area (Å²) in [7, 11) is 0. The molecule has 0 N–H and O–H groups in total. The third kappa shape index (κ3) is 2.44. The van der Waals surface area contributed by atoms with Gasteiger partial charge in [0.05, 0.1) is 11.2 Å². The van der Waals surface area contributed by atoms with Gasteiger partial charge in [-0.1, -0.05) is 61.9 Å². The van der Waals surface area contributed by atoms with Crippen molar-refractivity contribution in [3.8, 4) is 11.1 Å². The van der Waals surface area contributed by atoms with Crippen molar-refractivity contribution in [3.63, 3.8) is 0 Å². The number of hydrogen-bond donors (Lipinski definition) is 0. The molecule has 0 atom stereocenters. The SMILES string of the molecule is CCCc1nc2ccccc2c(-c2ccccc2)c1I. The van der Waals surface area contributed by atoms with Gasteiger partial charge in [0.15, 0.2) is 0 Å². The Kier molecular flexibility index (Phi) is 4.01. The van der Waals surface area contributed by atoms with Gasteiger partial charge in [-0.2, -0.15) is 0 Å². The van der Waals surface area contributed by atoms with Crippen molar-refractivity contribution >= 4 is 33.5 Å². The normalized spacial score (nSPS) is 10.9. The van der Waals surface area contributed by atoms with Crippen molar-refractivity contribution in [1.29, 1.82) is 0 Å². The molecule has 20 heavy (non-hydrogen) atoms. The summed E-state index contributed by atoms with van der Waals surface area (Å²) >= 11 is 2.45. The number of hydrogen-bond acceptors (Lipinski definition) is 1. The van der Waals surface area contributed by atoms with Crippen LogP contribution < -0.4 is 0 Å². The van der Waals surface area contributed by atoms with Crippen molar-refractivity contribution in [3.05, 3.63) is 63.9 Å². The molecule has 1 nitrogen and oxygen atoms in total. The van der Waals surface area contributed by atoms with Crippen molar-refractivity contribution in [2.45, 2.75) is 19.8 Å². The summed E-state index contributed by atoms with van der Waals surface area (Å²) in [6.07, 6.45) is 2.15. The van der Waals surface area contributed by atoms with Crippen molar-refractivity contribution in [2.24, 2.45) is 0 Å². The maximum absolute atomic E-state index is 4.84. The molecule has 0 fully saturated rings. The van der Waals surface area contributed by atoms with Crippen LogP contribution in [0.4, 0.5) is 0 Å². The summed E-state index contributed by atoms with van der Waals surface area (Å²) in [5.74, 6) is 0. The van der Waals surface area contributed by atoms with Gasteiger partial charge < -0.3 is 0 Å². The summed E-state index contributed by atoms with van der Waals surface area (Å²) in [6.45, 7) is 2.20. The van der Waals surface area contributed by atoms with E-state index in [9.17, 15) is 0 Å². The number of aromatic nitrogens is 1. The van der Waals surface area contributed by atoms with Gasteiger partial charge in [0.25, 0.3) is 0 Å². The fourth-order valence-electron chi connectivity index (χ4n) is 2.53. The predicted octanol–water partition coefficient (Wildman–Crippen LogP) is 5.46. The fourth-order valence-corrected chi connectivity index (χ4v) is 3.52. The summed E-state index contributed by atoms with van der Waals surface area (Å²) in [5.41, 5.74) is 4.90. The van der Waals surface area contributed by atoms with Crippen LogP contribution in [0.3, 0.4) is 0 Å². The topological polar surface area (TPSA) is 12.9 Å². The quantitative estimate of drug-likeness (QED) is 0.556. The molecular weight excluding hydrogens is 357 g/mol. The molecule has 0 unspecified atom stereocenters. The van der Waals surface area contributed by atoms with Crippen LogP contribution in [0.5, 0.6) is 0 Å². The van der Waals surface area contributed by atoms with E-state index in [4.69, 9.17) is 4.98 Å². The molecule has 0 amide bonds. The number of benzene rings is 2. The number of aryl methyl sites for hydroxylation is 1. The van der Waals surface area contributed by atoms with E-state index < -0.39 is 0 Å². The van der Waals surface area contributed by atoms with Crippen LogP contribution in [0.2, 0.25) is 0 Å². The molecule has 2 heteroatoms. The van der Waals surface area contributed by atoms with E-state index >= 15 is 0 Å². The molecule has 100 valence electrons. The Morgan fingerprint density at radius 3 is 2.40 bits per heavy atom. The summed E-state index contributed by atoms with van der Waals surface area (Å²) in [4.78, 5) is 4.84. The molecule has 1 aromatic heterocycles. The van der Waals surface area contributed by atoms with Crippen molar-refractivity contribution in [2.75, 3.05) is 0 Å². The molecule has 0 aliphatic rings. The van der Waals surface area contributed by atoms with Gasteiger partial charge in [-0.05, 0) is 40.6 Å². The van der Waals surface area contributed by atoms with E-state index in [1.165, 1.54) is 25.8 Å². The van der Waals surface area contributed by atoms with Gasteiger partial charge in [0, 0.05) is 14.5 Å². The molecule has 0 aliphatic heterocycles. The molecule has 0 aliphatic carbocycles. The van der Waals surface area contributed by atoms with E-state index in [0.29, 0.717) is 0 Å². The van der Waals surface area contributed by atoms with Gasteiger partial charge >= 0.3 is 0 Å². The number of pyridine rings is 1. The zero-order chi connectivity index (χ0) is 13.9. The van der Waals surface area contributed by atoms with Crippen LogP contribution in [0.25, 0.3) is 22.0 Å². The van der Waals surface area contributed by atoms with E-state index in [1.54, 1.807) is 0 Å². The first kappa shape index (κ1) is 13.6. The largest absolute Gasteiger partial charge is 0.252 e. The number of para-hydroxylation sites is 1. The zero-order valence-corrected chi connectivity index (χ0v) is 13.6.